The van der Waals surface area contributed by atoms with Gasteiger partial charge in [-0.1, -0.05) is 6.92 Å². The first-order valence-electron chi connectivity index (χ1n) is 6.38. The average molecular weight is 294 g/mol. The van der Waals surface area contributed by atoms with Gasteiger partial charge in [0, 0.05) is 37.4 Å². The molecule has 0 saturated carbocycles. The van der Waals surface area contributed by atoms with Crippen molar-refractivity contribution in [2.75, 3.05) is 6.54 Å². The Bertz CT molecular complexity index is 637. The summed E-state index contributed by atoms with van der Waals surface area (Å²) in [5.41, 5.74) is 1.71. The lowest BCUT2D eigenvalue weighted by Gasteiger charge is -2.04. The molecule has 20 heavy (non-hydrogen) atoms. The molecule has 0 fully saturated rings. The second kappa shape index (κ2) is 6.65. The van der Waals surface area contributed by atoms with Gasteiger partial charge in [-0.3, -0.25) is 4.98 Å². The first-order chi connectivity index (χ1) is 9.62. The molecule has 0 bridgehead atoms. The van der Waals surface area contributed by atoms with Crippen LogP contribution in [-0.4, -0.2) is 24.9 Å². The smallest absolute Gasteiger partial charge is 0.242 e. The third kappa shape index (κ3) is 3.89. The van der Waals surface area contributed by atoms with E-state index in [0.717, 1.165) is 17.8 Å². The van der Waals surface area contributed by atoms with E-state index in [1.54, 1.807) is 30.6 Å². The fourth-order valence-electron chi connectivity index (χ4n) is 1.70. The number of hydrogen-bond donors (Lipinski definition) is 3. The van der Waals surface area contributed by atoms with Crippen molar-refractivity contribution < 1.29 is 8.42 Å². The highest BCUT2D eigenvalue weighted by Gasteiger charge is 2.15. The number of nitrogens with one attached hydrogen (secondary N) is 3. The summed E-state index contributed by atoms with van der Waals surface area (Å²) in [5.74, 6) is 0. The monoisotopic (exact) mass is 294 g/mol. The first-order valence-corrected chi connectivity index (χ1v) is 7.86. The minimum Gasteiger partial charge on any atom is -0.363 e. The highest BCUT2D eigenvalue weighted by Crippen LogP contribution is 2.11. The Morgan fingerprint density at radius 3 is 2.70 bits per heavy atom. The van der Waals surface area contributed by atoms with E-state index in [9.17, 15) is 8.42 Å². The summed E-state index contributed by atoms with van der Waals surface area (Å²) in [7, 11) is -3.49. The lowest BCUT2D eigenvalue weighted by molar-refractivity contribution is 0.581. The zero-order chi connectivity index (χ0) is 14.4. The maximum absolute atomic E-state index is 12.1. The molecule has 7 heteroatoms. The van der Waals surface area contributed by atoms with Crippen molar-refractivity contribution in [2.45, 2.75) is 24.9 Å². The average Bonchev–Trinajstić information content (AvgIpc) is 2.94. The molecule has 2 aromatic heterocycles. The van der Waals surface area contributed by atoms with Crippen molar-refractivity contribution in [1.29, 1.82) is 0 Å². The summed E-state index contributed by atoms with van der Waals surface area (Å²) < 4.78 is 26.8. The molecule has 0 amide bonds. The predicted octanol–water partition coefficient (Wildman–Crippen LogP) is 0.998. The summed E-state index contributed by atoms with van der Waals surface area (Å²) in [6.07, 6.45) is 4.77. The molecular formula is C13H18N4O2S. The Morgan fingerprint density at radius 1 is 1.25 bits per heavy atom. The van der Waals surface area contributed by atoms with E-state index < -0.39 is 10.0 Å². The second-order valence-electron chi connectivity index (χ2n) is 4.32. The van der Waals surface area contributed by atoms with Gasteiger partial charge in [-0.15, -0.1) is 0 Å². The van der Waals surface area contributed by atoms with E-state index in [-0.39, 0.29) is 11.4 Å². The third-order valence-electron chi connectivity index (χ3n) is 2.81. The van der Waals surface area contributed by atoms with Crippen LogP contribution in [0.4, 0.5) is 0 Å². The number of nitrogens with zero attached hydrogens (tertiary/aromatic N) is 1. The Morgan fingerprint density at radius 2 is 2.00 bits per heavy atom. The molecule has 0 atom stereocenters. The molecule has 0 radical (unpaired) electrons. The fraction of sp³-hybridized carbons (Fsp3) is 0.308. The van der Waals surface area contributed by atoms with Gasteiger partial charge in [-0.05, 0) is 30.3 Å². The van der Waals surface area contributed by atoms with Crippen LogP contribution in [0.3, 0.4) is 0 Å². The Labute approximate surface area is 118 Å². The van der Waals surface area contributed by atoms with Crippen LogP contribution in [-0.2, 0) is 23.1 Å². The third-order valence-corrected chi connectivity index (χ3v) is 4.19. The largest absolute Gasteiger partial charge is 0.363 e. The van der Waals surface area contributed by atoms with Crippen LogP contribution in [0.15, 0.2) is 41.7 Å². The SMILES string of the molecule is CCNCc1cc(S(=O)(=O)NCc2ccncc2)c[nH]1. The standard InChI is InChI=1S/C13H18N4O2S/c1-2-14-9-12-7-13(10-16-12)20(18,19)17-8-11-3-5-15-6-4-11/h3-7,10,14,16-17H,2,8-9H2,1H3. The van der Waals surface area contributed by atoms with E-state index in [2.05, 4.69) is 20.0 Å². The first kappa shape index (κ1) is 14.7. The van der Waals surface area contributed by atoms with Gasteiger partial charge in [0.15, 0.2) is 0 Å². The van der Waals surface area contributed by atoms with Gasteiger partial charge in [-0.25, -0.2) is 13.1 Å². The van der Waals surface area contributed by atoms with Gasteiger partial charge in [0.25, 0.3) is 0 Å². The molecule has 2 rings (SSSR count). The zero-order valence-electron chi connectivity index (χ0n) is 11.3. The number of H-pyrrole nitrogens is 1. The van der Waals surface area contributed by atoms with Crippen molar-refractivity contribution in [3.63, 3.8) is 0 Å². The number of sulfonamides is 1. The molecule has 3 N–H and O–H groups in total. The minimum absolute atomic E-state index is 0.249. The van der Waals surface area contributed by atoms with Gasteiger partial charge >= 0.3 is 0 Å². The van der Waals surface area contributed by atoms with Crippen molar-refractivity contribution in [2.24, 2.45) is 0 Å². The summed E-state index contributed by atoms with van der Waals surface area (Å²) in [6, 6.07) is 5.18. The van der Waals surface area contributed by atoms with Crippen LogP contribution < -0.4 is 10.0 Å². The molecule has 0 aliphatic carbocycles. The minimum atomic E-state index is -3.49. The molecule has 2 aromatic rings. The Kier molecular flexibility index (Phi) is 4.89. The molecule has 0 unspecified atom stereocenters. The van der Waals surface area contributed by atoms with Crippen LogP contribution in [0.2, 0.25) is 0 Å². The van der Waals surface area contributed by atoms with E-state index in [1.165, 1.54) is 6.20 Å². The number of pyridine rings is 1. The van der Waals surface area contributed by atoms with Gasteiger partial charge in [0.05, 0.1) is 4.90 Å². The highest BCUT2D eigenvalue weighted by atomic mass is 32.2. The van der Waals surface area contributed by atoms with E-state index >= 15 is 0 Å². The molecular weight excluding hydrogens is 276 g/mol. The molecule has 0 saturated heterocycles. The van der Waals surface area contributed by atoms with Gasteiger partial charge < -0.3 is 10.3 Å². The topological polar surface area (TPSA) is 86.9 Å². The fourth-order valence-corrected chi connectivity index (χ4v) is 2.73. The number of hydrogen-bond acceptors (Lipinski definition) is 4. The number of aromatic nitrogens is 2. The van der Waals surface area contributed by atoms with Crippen molar-refractivity contribution in [3.8, 4) is 0 Å². The van der Waals surface area contributed by atoms with Crippen LogP contribution >= 0.6 is 0 Å². The predicted molar refractivity (Wildman–Crippen MR) is 76.4 cm³/mol. The Balaban J connectivity index is 2.01. The second-order valence-corrected chi connectivity index (χ2v) is 6.09. The lowest BCUT2D eigenvalue weighted by atomic mass is 10.3. The van der Waals surface area contributed by atoms with Crippen molar-refractivity contribution >= 4 is 10.0 Å². The molecule has 0 aromatic carbocycles. The maximum Gasteiger partial charge on any atom is 0.242 e. The molecule has 2 heterocycles. The van der Waals surface area contributed by atoms with Crippen LogP contribution in [0.1, 0.15) is 18.2 Å². The highest BCUT2D eigenvalue weighted by molar-refractivity contribution is 7.89. The number of aromatic amines is 1. The van der Waals surface area contributed by atoms with Gasteiger partial charge in [0.1, 0.15) is 0 Å². The van der Waals surface area contributed by atoms with E-state index in [0.29, 0.717) is 6.54 Å². The van der Waals surface area contributed by atoms with E-state index in [1.807, 2.05) is 6.92 Å². The van der Waals surface area contributed by atoms with Crippen molar-refractivity contribution in [3.05, 3.63) is 48.0 Å². The van der Waals surface area contributed by atoms with Gasteiger partial charge in [0.2, 0.25) is 10.0 Å². The summed E-state index contributed by atoms with van der Waals surface area (Å²) >= 11 is 0. The Hall–Kier alpha value is -1.70. The van der Waals surface area contributed by atoms with Crippen LogP contribution in [0.25, 0.3) is 0 Å². The summed E-state index contributed by atoms with van der Waals surface area (Å²) in [5, 5.41) is 3.13. The normalized spacial score (nSPS) is 11.7. The quantitative estimate of drug-likeness (QED) is 0.711. The van der Waals surface area contributed by atoms with E-state index in [4.69, 9.17) is 0 Å². The number of rotatable bonds is 7. The molecule has 0 aliphatic rings. The summed E-state index contributed by atoms with van der Waals surface area (Å²) in [4.78, 5) is 7.09. The molecule has 108 valence electrons. The van der Waals surface area contributed by atoms with Gasteiger partial charge in [-0.2, -0.15) is 0 Å². The van der Waals surface area contributed by atoms with Crippen molar-refractivity contribution in [1.82, 2.24) is 20.0 Å². The van der Waals surface area contributed by atoms with Crippen LogP contribution in [0.5, 0.6) is 0 Å². The lowest BCUT2D eigenvalue weighted by Crippen LogP contribution is -2.22. The molecule has 0 aliphatic heterocycles. The molecule has 0 spiro atoms. The summed E-state index contributed by atoms with van der Waals surface area (Å²) in [6.45, 7) is 3.70. The maximum atomic E-state index is 12.1. The molecule has 6 nitrogen and oxygen atoms in total. The zero-order valence-corrected chi connectivity index (χ0v) is 12.1. The van der Waals surface area contributed by atoms with Crippen LogP contribution in [0, 0.1) is 0 Å².